The van der Waals surface area contributed by atoms with E-state index in [2.05, 4.69) is 47.3 Å². The minimum Gasteiger partial charge on any atom is -0.392 e. The minimum atomic E-state index is -0.154. The first-order valence-corrected chi connectivity index (χ1v) is 13.4. The van der Waals surface area contributed by atoms with E-state index >= 15 is 0 Å². The molecule has 2 nitrogen and oxygen atoms in total. The molecule has 4 aliphatic carbocycles. The Morgan fingerprint density at radius 1 is 1.00 bits per heavy atom. The van der Waals surface area contributed by atoms with Gasteiger partial charge >= 0.3 is 0 Å². The number of hydrogen-bond donors (Lipinski definition) is 1. The molecule has 0 bridgehead atoms. The Kier molecular flexibility index (Phi) is 6.14. The van der Waals surface area contributed by atoms with Crippen LogP contribution < -0.4 is 0 Å². The predicted octanol–water partition coefficient (Wildman–Crippen LogP) is 7.52. The van der Waals surface area contributed by atoms with Crippen LogP contribution in [0, 0.1) is 45.3 Å². The maximum absolute atomic E-state index is 12.8. The van der Waals surface area contributed by atoms with Crippen LogP contribution in [0.5, 0.6) is 0 Å². The highest BCUT2D eigenvalue weighted by Crippen LogP contribution is 2.75. The molecule has 4 aliphatic rings. The molecule has 7 atom stereocenters. The van der Waals surface area contributed by atoms with Gasteiger partial charge in [-0.2, -0.15) is 0 Å². The van der Waals surface area contributed by atoms with Crippen molar-refractivity contribution in [3.8, 4) is 0 Å². The van der Waals surface area contributed by atoms with Gasteiger partial charge in [0.15, 0.2) is 0 Å². The van der Waals surface area contributed by atoms with Gasteiger partial charge in [0.2, 0.25) is 0 Å². The molecular weight excluding hydrogens is 392 g/mol. The Morgan fingerprint density at radius 2 is 1.69 bits per heavy atom. The van der Waals surface area contributed by atoms with E-state index in [1.54, 1.807) is 0 Å². The number of aliphatic hydroxyl groups is 1. The van der Waals surface area contributed by atoms with E-state index < -0.39 is 0 Å². The summed E-state index contributed by atoms with van der Waals surface area (Å²) in [5.74, 6) is 3.21. The minimum absolute atomic E-state index is 0.154. The second-order valence-corrected chi connectivity index (χ2v) is 13.4. The van der Waals surface area contributed by atoms with E-state index in [1.807, 2.05) is 6.92 Å². The van der Waals surface area contributed by atoms with Gasteiger partial charge in [-0.25, -0.2) is 0 Å². The Bertz CT molecular complexity index is 806. The van der Waals surface area contributed by atoms with Gasteiger partial charge in [0.1, 0.15) is 5.78 Å². The summed E-state index contributed by atoms with van der Waals surface area (Å²) in [6, 6.07) is 0. The highest BCUT2D eigenvalue weighted by Gasteiger charge is 2.68. The molecule has 0 aliphatic heterocycles. The first-order valence-electron chi connectivity index (χ1n) is 13.4. The van der Waals surface area contributed by atoms with Crippen LogP contribution in [0.1, 0.15) is 106 Å². The molecule has 4 rings (SSSR count). The molecule has 0 heterocycles. The van der Waals surface area contributed by atoms with Crippen molar-refractivity contribution in [3.63, 3.8) is 0 Å². The molecule has 0 saturated heterocycles. The van der Waals surface area contributed by atoms with Crippen molar-refractivity contribution < 1.29 is 9.90 Å². The van der Waals surface area contributed by atoms with Gasteiger partial charge in [0, 0.05) is 11.8 Å². The zero-order valence-corrected chi connectivity index (χ0v) is 21.7. The SMILES string of the molecule is C=C(CC/C=C(\C)CO)[C@H]1CC[C@]2(C)[C@@H]1CC[C@@H]1[C@@]3(C)CCC(=O)C(C)(C)[C@H]3CC[C@]12C. The second kappa shape index (κ2) is 8.10. The van der Waals surface area contributed by atoms with Gasteiger partial charge in [-0.1, -0.05) is 58.4 Å². The van der Waals surface area contributed by atoms with Crippen LogP contribution in [0.15, 0.2) is 23.8 Å². The summed E-state index contributed by atoms with van der Waals surface area (Å²) >= 11 is 0. The first kappa shape index (κ1) is 24.2. The van der Waals surface area contributed by atoms with Crippen LogP contribution in [0.25, 0.3) is 0 Å². The number of allylic oxidation sites excluding steroid dienone is 2. The summed E-state index contributed by atoms with van der Waals surface area (Å²) < 4.78 is 0. The number of hydrogen-bond acceptors (Lipinski definition) is 2. The van der Waals surface area contributed by atoms with Gasteiger partial charge < -0.3 is 5.11 Å². The zero-order valence-electron chi connectivity index (χ0n) is 21.7. The monoisotopic (exact) mass is 440 g/mol. The van der Waals surface area contributed by atoms with Crippen molar-refractivity contribution in [1.29, 1.82) is 0 Å². The Hall–Kier alpha value is -0.890. The van der Waals surface area contributed by atoms with E-state index in [9.17, 15) is 9.90 Å². The third kappa shape index (κ3) is 3.33. The lowest BCUT2D eigenvalue weighted by atomic mass is 9.35. The first-order chi connectivity index (χ1) is 14.9. The summed E-state index contributed by atoms with van der Waals surface area (Å²) in [6.45, 7) is 19.1. The zero-order chi connectivity index (χ0) is 23.5. The van der Waals surface area contributed by atoms with Crippen LogP contribution in [-0.4, -0.2) is 17.5 Å². The number of carbonyl (C=O) groups is 1. The van der Waals surface area contributed by atoms with Crippen LogP contribution in [0.2, 0.25) is 0 Å². The maximum Gasteiger partial charge on any atom is 0.138 e. The van der Waals surface area contributed by atoms with Crippen LogP contribution in [-0.2, 0) is 4.79 Å². The van der Waals surface area contributed by atoms with E-state index in [0.29, 0.717) is 33.9 Å². The number of rotatable bonds is 5. The summed E-state index contributed by atoms with van der Waals surface area (Å²) in [7, 11) is 0. The van der Waals surface area contributed by atoms with Crippen molar-refractivity contribution in [1.82, 2.24) is 0 Å². The molecule has 0 unspecified atom stereocenters. The van der Waals surface area contributed by atoms with Crippen molar-refractivity contribution >= 4 is 5.78 Å². The highest BCUT2D eigenvalue weighted by molar-refractivity contribution is 5.85. The average molecular weight is 441 g/mol. The van der Waals surface area contributed by atoms with Gasteiger partial charge in [-0.05, 0) is 105 Å². The van der Waals surface area contributed by atoms with E-state index in [-0.39, 0.29) is 12.0 Å². The van der Waals surface area contributed by atoms with E-state index in [4.69, 9.17) is 0 Å². The smallest absolute Gasteiger partial charge is 0.138 e. The number of Topliss-reactive ketones (excluding diaryl/α,β-unsaturated/α-hetero) is 1. The number of carbonyl (C=O) groups excluding carboxylic acids is 1. The molecule has 0 aromatic carbocycles. The van der Waals surface area contributed by atoms with Crippen molar-refractivity contribution in [2.75, 3.05) is 6.61 Å². The van der Waals surface area contributed by atoms with Crippen molar-refractivity contribution in [2.24, 2.45) is 45.3 Å². The van der Waals surface area contributed by atoms with Crippen LogP contribution >= 0.6 is 0 Å². The molecule has 0 amide bonds. The van der Waals surface area contributed by atoms with E-state index in [1.165, 1.54) is 44.1 Å². The molecule has 0 spiro atoms. The lowest BCUT2D eigenvalue weighted by Gasteiger charge is -2.69. The Labute approximate surface area is 197 Å². The molecule has 0 aromatic rings. The molecule has 1 N–H and O–H groups in total. The van der Waals surface area contributed by atoms with Crippen molar-refractivity contribution in [2.45, 2.75) is 106 Å². The lowest BCUT2D eigenvalue weighted by molar-refractivity contribution is -0.201. The highest BCUT2D eigenvalue weighted by atomic mass is 16.3. The molecule has 180 valence electrons. The number of ketones is 1. The molecule has 4 saturated carbocycles. The Morgan fingerprint density at radius 3 is 2.38 bits per heavy atom. The molecule has 4 fully saturated rings. The fraction of sp³-hybridized carbons (Fsp3) is 0.833. The number of fused-ring (bicyclic) bond motifs is 5. The predicted molar refractivity (Wildman–Crippen MR) is 133 cm³/mol. The largest absolute Gasteiger partial charge is 0.392 e. The van der Waals surface area contributed by atoms with Crippen LogP contribution in [0.4, 0.5) is 0 Å². The second-order valence-electron chi connectivity index (χ2n) is 13.4. The van der Waals surface area contributed by atoms with Gasteiger partial charge in [-0.3, -0.25) is 4.79 Å². The molecule has 2 heteroatoms. The van der Waals surface area contributed by atoms with Gasteiger partial charge in [0.25, 0.3) is 0 Å². The topological polar surface area (TPSA) is 37.3 Å². The molecule has 0 aromatic heterocycles. The standard InChI is InChI=1S/C30H48O2/c1-20(19-31)9-8-10-21(2)22-13-17-29(6)23(22)11-12-25-28(5)16-15-26(32)27(3,4)24(28)14-18-30(25,29)7/h9,22-25,31H,2,8,10-19H2,1,3-7H3/b20-9+/t22-,23-,24-,25-,28+,29-,30-/m1/s1. The normalized spacial score (nSPS) is 45.7. The third-order valence-electron chi connectivity index (χ3n) is 11.9. The fourth-order valence-electron chi connectivity index (χ4n) is 9.79. The van der Waals surface area contributed by atoms with Gasteiger partial charge in [0.05, 0.1) is 6.61 Å². The molecule has 0 radical (unpaired) electrons. The summed E-state index contributed by atoms with van der Waals surface area (Å²) in [5.41, 5.74) is 3.44. The number of aliphatic hydroxyl groups excluding tert-OH is 1. The van der Waals surface area contributed by atoms with Crippen LogP contribution in [0.3, 0.4) is 0 Å². The summed E-state index contributed by atoms with van der Waals surface area (Å²) in [4.78, 5) is 12.8. The lowest BCUT2D eigenvalue weighted by Crippen LogP contribution is -2.63. The third-order valence-corrected chi connectivity index (χ3v) is 11.9. The summed E-state index contributed by atoms with van der Waals surface area (Å²) in [6.07, 6.45) is 14.0. The fourth-order valence-corrected chi connectivity index (χ4v) is 9.79. The van der Waals surface area contributed by atoms with E-state index in [0.717, 1.165) is 43.1 Å². The van der Waals surface area contributed by atoms with Crippen molar-refractivity contribution in [3.05, 3.63) is 23.8 Å². The van der Waals surface area contributed by atoms with Gasteiger partial charge in [-0.15, -0.1) is 0 Å². The Balaban J connectivity index is 1.57. The maximum atomic E-state index is 12.8. The molecular formula is C30H48O2. The quantitative estimate of drug-likeness (QED) is 0.449. The molecule has 32 heavy (non-hydrogen) atoms. The summed E-state index contributed by atoms with van der Waals surface area (Å²) in [5, 5.41) is 9.28. The average Bonchev–Trinajstić information content (AvgIpc) is 3.09.